The molecule has 7 heteroatoms. The summed E-state index contributed by atoms with van der Waals surface area (Å²) >= 11 is 0. The van der Waals surface area contributed by atoms with Gasteiger partial charge in [0.15, 0.2) is 6.29 Å². The molecule has 19 heavy (non-hydrogen) atoms. The molecule has 0 aromatic heterocycles. The van der Waals surface area contributed by atoms with Crippen LogP contribution >= 0.6 is 0 Å². The third-order valence-corrected chi connectivity index (χ3v) is 3.22. The lowest BCUT2D eigenvalue weighted by atomic mass is 9.96. The van der Waals surface area contributed by atoms with Gasteiger partial charge in [0.2, 0.25) is 0 Å². The first-order valence-corrected chi connectivity index (χ1v) is 6.58. The summed E-state index contributed by atoms with van der Waals surface area (Å²) in [5.41, 5.74) is 5.74. The number of aliphatic hydroxyl groups excluding tert-OH is 2. The lowest BCUT2D eigenvalue weighted by molar-refractivity contribution is -0.260. The first kappa shape index (κ1) is 16.3. The lowest BCUT2D eigenvalue weighted by Crippen LogP contribution is -2.61. The van der Waals surface area contributed by atoms with E-state index in [-0.39, 0.29) is 6.42 Å². The predicted molar refractivity (Wildman–Crippen MR) is 66.4 cm³/mol. The zero-order valence-electron chi connectivity index (χ0n) is 11.1. The average molecular weight is 277 g/mol. The number of carboxylic acid groups (broad SMARTS) is 1. The van der Waals surface area contributed by atoms with Crippen molar-refractivity contribution in [1.82, 2.24) is 0 Å². The Morgan fingerprint density at radius 3 is 2.58 bits per heavy atom. The fourth-order valence-electron chi connectivity index (χ4n) is 2.02. The molecule has 112 valence electrons. The van der Waals surface area contributed by atoms with Crippen LogP contribution in [0.25, 0.3) is 0 Å². The van der Waals surface area contributed by atoms with E-state index in [4.69, 9.17) is 20.3 Å². The van der Waals surface area contributed by atoms with E-state index in [0.29, 0.717) is 25.9 Å². The molecule has 5 N–H and O–H groups in total. The quantitative estimate of drug-likeness (QED) is 0.460. The smallest absolute Gasteiger partial charge is 0.303 e. The van der Waals surface area contributed by atoms with Crippen LogP contribution in [0.3, 0.4) is 0 Å². The second-order valence-electron chi connectivity index (χ2n) is 4.73. The number of hydrogen-bond acceptors (Lipinski definition) is 6. The Balaban J connectivity index is 2.33. The fraction of sp³-hybridized carbons (Fsp3) is 0.917. The van der Waals surface area contributed by atoms with E-state index in [1.807, 2.05) is 6.92 Å². The number of rotatable bonds is 7. The fourth-order valence-corrected chi connectivity index (χ4v) is 2.02. The van der Waals surface area contributed by atoms with Gasteiger partial charge >= 0.3 is 5.97 Å². The summed E-state index contributed by atoms with van der Waals surface area (Å²) in [6.07, 6.45) is -1.63. The Hall–Kier alpha value is -0.730. The molecule has 5 atom stereocenters. The van der Waals surface area contributed by atoms with E-state index < -0.39 is 36.6 Å². The van der Waals surface area contributed by atoms with Crippen molar-refractivity contribution < 1.29 is 29.6 Å². The van der Waals surface area contributed by atoms with Gasteiger partial charge in [0, 0.05) is 13.0 Å². The molecular weight excluding hydrogens is 254 g/mol. The predicted octanol–water partition coefficient (Wildman–Crippen LogP) is -0.558. The van der Waals surface area contributed by atoms with Gasteiger partial charge in [-0.1, -0.05) is 6.92 Å². The molecule has 0 spiro atoms. The summed E-state index contributed by atoms with van der Waals surface area (Å²) in [6.45, 7) is 2.15. The molecule has 0 bridgehead atoms. The van der Waals surface area contributed by atoms with Crippen LogP contribution in [-0.4, -0.2) is 58.5 Å². The van der Waals surface area contributed by atoms with E-state index in [1.165, 1.54) is 0 Å². The molecule has 1 rings (SSSR count). The molecule has 1 saturated heterocycles. The maximum atomic E-state index is 10.3. The van der Waals surface area contributed by atoms with Gasteiger partial charge in [0.25, 0.3) is 0 Å². The van der Waals surface area contributed by atoms with Gasteiger partial charge < -0.3 is 30.5 Å². The van der Waals surface area contributed by atoms with Crippen molar-refractivity contribution >= 4 is 5.97 Å². The van der Waals surface area contributed by atoms with Crippen molar-refractivity contribution in [2.24, 2.45) is 5.73 Å². The standard InChI is InChI=1S/C12H23NO6/c1-2-7-10(16)11(17)9(13)12(19-7)18-6-4-3-5-8(14)15/h7,9-12,16-17H,2-6,13H2,1H3,(H,14,15). The van der Waals surface area contributed by atoms with Crippen LogP contribution in [0.5, 0.6) is 0 Å². The highest BCUT2D eigenvalue weighted by atomic mass is 16.7. The van der Waals surface area contributed by atoms with Crippen LogP contribution in [0.1, 0.15) is 32.6 Å². The molecular formula is C12H23NO6. The number of aliphatic carboxylic acids is 1. The Labute approximate surface area is 112 Å². The second kappa shape index (κ2) is 7.76. The van der Waals surface area contributed by atoms with Crippen molar-refractivity contribution in [3.63, 3.8) is 0 Å². The molecule has 0 radical (unpaired) electrons. The maximum Gasteiger partial charge on any atom is 0.303 e. The van der Waals surface area contributed by atoms with Crippen molar-refractivity contribution in [3.8, 4) is 0 Å². The minimum atomic E-state index is -1.08. The third-order valence-electron chi connectivity index (χ3n) is 3.22. The number of nitrogens with two attached hydrogens (primary N) is 1. The van der Waals surface area contributed by atoms with Gasteiger partial charge in [-0.3, -0.25) is 4.79 Å². The third kappa shape index (κ3) is 4.70. The zero-order chi connectivity index (χ0) is 14.4. The highest BCUT2D eigenvalue weighted by Gasteiger charge is 2.42. The average Bonchev–Trinajstić information content (AvgIpc) is 2.37. The number of aliphatic hydroxyl groups is 2. The van der Waals surface area contributed by atoms with Crippen LogP contribution in [0.15, 0.2) is 0 Å². The van der Waals surface area contributed by atoms with Gasteiger partial charge in [-0.05, 0) is 19.3 Å². The van der Waals surface area contributed by atoms with E-state index in [2.05, 4.69) is 0 Å². The van der Waals surface area contributed by atoms with E-state index in [1.54, 1.807) is 0 Å². The first-order valence-electron chi connectivity index (χ1n) is 6.58. The Bertz CT molecular complexity index is 285. The summed E-state index contributed by atoms with van der Waals surface area (Å²) in [7, 11) is 0. The summed E-state index contributed by atoms with van der Waals surface area (Å²) in [4.78, 5) is 10.3. The Morgan fingerprint density at radius 1 is 1.32 bits per heavy atom. The van der Waals surface area contributed by atoms with Gasteiger partial charge in [0.05, 0.1) is 12.1 Å². The summed E-state index contributed by atoms with van der Waals surface area (Å²) in [5.74, 6) is -0.838. The molecule has 5 unspecified atom stereocenters. The molecule has 0 saturated carbocycles. The van der Waals surface area contributed by atoms with E-state index in [0.717, 1.165) is 0 Å². The summed E-state index contributed by atoms with van der Waals surface area (Å²) in [5, 5.41) is 28.0. The Kier molecular flexibility index (Phi) is 6.67. The Morgan fingerprint density at radius 2 is 2.00 bits per heavy atom. The second-order valence-corrected chi connectivity index (χ2v) is 4.73. The topological polar surface area (TPSA) is 122 Å². The molecule has 1 fully saturated rings. The molecule has 0 aromatic carbocycles. The molecule has 0 amide bonds. The highest BCUT2D eigenvalue weighted by molar-refractivity contribution is 5.66. The van der Waals surface area contributed by atoms with Gasteiger partial charge in [-0.15, -0.1) is 0 Å². The number of carboxylic acids is 1. The van der Waals surface area contributed by atoms with Crippen LogP contribution in [0, 0.1) is 0 Å². The molecule has 0 aromatic rings. The summed E-state index contributed by atoms with van der Waals surface area (Å²) in [6, 6.07) is -0.808. The molecule has 1 heterocycles. The lowest BCUT2D eigenvalue weighted by Gasteiger charge is -2.40. The van der Waals surface area contributed by atoms with Crippen molar-refractivity contribution in [2.45, 2.75) is 63.3 Å². The number of unbranched alkanes of at least 4 members (excludes halogenated alkanes) is 1. The highest BCUT2D eigenvalue weighted by Crippen LogP contribution is 2.22. The normalized spacial score (nSPS) is 35.3. The first-order chi connectivity index (χ1) is 8.97. The van der Waals surface area contributed by atoms with Gasteiger partial charge in [-0.25, -0.2) is 0 Å². The van der Waals surface area contributed by atoms with Crippen molar-refractivity contribution in [2.75, 3.05) is 6.61 Å². The monoisotopic (exact) mass is 277 g/mol. The van der Waals surface area contributed by atoms with Crippen molar-refractivity contribution in [1.29, 1.82) is 0 Å². The largest absolute Gasteiger partial charge is 0.481 e. The molecule has 1 aliphatic heterocycles. The van der Waals surface area contributed by atoms with Crippen LogP contribution < -0.4 is 5.73 Å². The van der Waals surface area contributed by atoms with E-state index >= 15 is 0 Å². The molecule has 7 nitrogen and oxygen atoms in total. The van der Waals surface area contributed by atoms with Gasteiger partial charge in [-0.2, -0.15) is 0 Å². The van der Waals surface area contributed by atoms with Gasteiger partial charge in [0.1, 0.15) is 12.2 Å². The minimum absolute atomic E-state index is 0.0971. The van der Waals surface area contributed by atoms with Crippen LogP contribution in [0.2, 0.25) is 0 Å². The maximum absolute atomic E-state index is 10.3. The van der Waals surface area contributed by atoms with Crippen LogP contribution in [0.4, 0.5) is 0 Å². The zero-order valence-corrected chi connectivity index (χ0v) is 11.1. The number of hydrogen-bond donors (Lipinski definition) is 4. The SMILES string of the molecule is CCC1OC(OCCCCC(=O)O)C(N)C(O)C1O. The summed E-state index contributed by atoms with van der Waals surface area (Å²) < 4.78 is 10.9. The van der Waals surface area contributed by atoms with Crippen LogP contribution in [-0.2, 0) is 14.3 Å². The number of ether oxygens (including phenoxy) is 2. The molecule has 0 aliphatic carbocycles. The molecule has 1 aliphatic rings. The van der Waals surface area contributed by atoms with Crippen molar-refractivity contribution in [3.05, 3.63) is 0 Å². The minimum Gasteiger partial charge on any atom is -0.481 e. The van der Waals surface area contributed by atoms with E-state index in [9.17, 15) is 15.0 Å². The number of carbonyl (C=O) groups is 1.